The molecule has 2 aromatic carbocycles. The van der Waals surface area contributed by atoms with E-state index in [0.29, 0.717) is 12.1 Å². The number of rotatable bonds is 4. The molecule has 0 spiro atoms. The summed E-state index contributed by atoms with van der Waals surface area (Å²) >= 11 is 0. The Balaban J connectivity index is 1.76. The number of hydrogen-bond donors (Lipinski definition) is 1. The van der Waals surface area contributed by atoms with Gasteiger partial charge in [-0.05, 0) is 42.5 Å². The van der Waals surface area contributed by atoms with Gasteiger partial charge in [-0.15, -0.1) is 0 Å². The standard InChI is InChI=1S/C20H12F6O4/c21-19(22,23)11-3-1-5-13(7-11)29-17-9-16(28)18(10-15(17)27)30-14-6-2-4-12(8-14)20(24,25)26/h1-10,15,27H. The van der Waals surface area contributed by atoms with Crippen LogP contribution in [0.3, 0.4) is 0 Å². The maximum atomic E-state index is 12.8. The van der Waals surface area contributed by atoms with Crippen LogP contribution in [0.1, 0.15) is 11.1 Å². The van der Waals surface area contributed by atoms with Gasteiger partial charge in [-0.2, -0.15) is 26.3 Å². The van der Waals surface area contributed by atoms with E-state index in [2.05, 4.69) is 0 Å². The summed E-state index contributed by atoms with van der Waals surface area (Å²) in [6, 6.07) is 7.58. The van der Waals surface area contributed by atoms with Gasteiger partial charge in [-0.1, -0.05) is 12.1 Å². The van der Waals surface area contributed by atoms with Crippen molar-refractivity contribution in [1.82, 2.24) is 0 Å². The summed E-state index contributed by atoms with van der Waals surface area (Å²) in [4.78, 5) is 12.2. The molecule has 1 unspecified atom stereocenters. The highest BCUT2D eigenvalue weighted by Gasteiger charge is 2.32. The predicted molar refractivity (Wildman–Crippen MR) is 91.3 cm³/mol. The molecule has 1 aliphatic rings. The van der Waals surface area contributed by atoms with Gasteiger partial charge in [0.25, 0.3) is 0 Å². The third kappa shape index (κ3) is 5.01. The molecule has 3 rings (SSSR count). The van der Waals surface area contributed by atoms with Crippen LogP contribution < -0.4 is 9.47 Å². The Morgan fingerprint density at radius 2 is 1.30 bits per heavy atom. The van der Waals surface area contributed by atoms with Crippen LogP contribution in [0.2, 0.25) is 0 Å². The Bertz CT molecular complexity index is 1020. The van der Waals surface area contributed by atoms with Crippen molar-refractivity contribution in [3.63, 3.8) is 0 Å². The molecule has 1 atom stereocenters. The zero-order valence-corrected chi connectivity index (χ0v) is 14.8. The predicted octanol–water partition coefficient (Wildman–Crippen LogP) is 4.89. The fourth-order valence-electron chi connectivity index (χ4n) is 2.50. The first-order valence-electron chi connectivity index (χ1n) is 8.29. The van der Waals surface area contributed by atoms with E-state index in [9.17, 15) is 36.2 Å². The first-order valence-corrected chi connectivity index (χ1v) is 8.29. The first kappa shape index (κ1) is 21.4. The summed E-state index contributed by atoms with van der Waals surface area (Å²) in [5, 5.41) is 10.1. The minimum atomic E-state index is -4.62. The van der Waals surface area contributed by atoms with Crippen LogP contribution in [0, 0.1) is 0 Å². The van der Waals surface area contributed by atoms with E-state index in [0.717, 1.165) is 36.4 Å². The van der Waals surface area contributed by atoms with E-state index in [1.54, 1.807) is 0 Å². The van der Waals surface area contributed by atoms with Crippen LogP contribution in [0.15, 0.2) is 72.2 Å². The van der Waals surface area contributed by atoms with Crippen molar-refractivity contribution in [3.8, 4) is 11.5 Å². The van der Waals surface area contributed by atoms with E-state index < -0.39 is 41.1 Å². The van der Waals surface area contributed by atoms with Crippen molar-refractivity contribution < 1.29 is 45.7 Å². The fraction of sp³-hybridized carbons (Fsp3) is 0.150. The number of ketones is 1. The molecule has 158 valence electrons. The number of carbonyl (C=O) groups is 1. The molecule has 0 aromatic heterocycles. The molecule has 0 saturated carbocycles. The Morgan fingerprint density at radius 1 is 0.800 bits per heavy atom. The van der Waals surface area contributed by atoms with Gasteiger partial charge in [0.05, 0.1) is 11.1 Å². The molecule has 0 amide bonds. The summed E-state index contributed by atoms with van der Waals surface area (Å²) in [5.41, 5.74) is -1.98. The number of alkyl halides is 6. The van der Waals surface area contributed by atoms with Gasteiger partial charge in [0.1, 0.15) is 23.4 Å². The van der Waals surface area contributed by atoms with E-state index in [1.165, 1.54) is 12.1 Å². The third-order valence-corrected chi connectivity index (χ3v) is 3.90. The zero-order valence-electron chi connectivity index (χ0n) is 14.8. The van der Waals surface area contributed by atoms with Crippen molar-refractivity contribution in [3.05, 3.63) is 83.3 Å². The van der Waals surface area contributed by atoms with Crippen molar-refractivity contribution in [1.29, 1.82) is 0 Å². The molecular formula is C20H12F6O4. The number of ether oxygens (including phenoxy) is 2. The third-order valence-electron chi connectivity index (χ3n) is 3.90. The molecule has 0 radical (unpaired) electrons. The van der Waals surface area contributed by atoms with Crippen molar-refractivity contribution in [2.24, 2.45) is 0 Å². The van der Waals surface area contributed by atoms with Crippen LogP contribution in [0.5, 0.6) is 11.5 Å². The summed E-state index contributed by atoms with van der Waals surface area (Å²) in [6.45, 7) is 0. The average Bonchev–Trinajstić information content (AvgIpc) is 2.65. The Hall–Kier alpha value is -3.27. The molecule has 0 heterocycles. The smallest absolute Gasteiger partial charge is 0.416 e. The SMILES string of the molecule is O=C1C=C(Oc2cccc(C(F)(F)F)c2)C(O)C=C1Oc1cccc(C(F)(F)F)c1. The highest BCUT2D eigenvalue weighted by Crippen LogP contribution is 2.33. The number of halogens is 6. The normalized spacial score (nSPS) is 17.3. The number of carbonyl (C=O) groups excluding carboxylic acids is 1. The number of allylic oxidation sites excluding steroid dienone is 1. The van der Waals surface area contributed by atoms with Crippen molar-refractivity contribution in [2.75, 3.05) is 0 Å². The minimum Gasteiger partial charge on any atom is -0.458 e. The van der Waals surface area contributed by atoms with Gasteiger partial charge in [0, 0.05) is 6.08 Å². The molecule has 0 aliphatic heterocycles. The Labute approximate surface area is 165 Å². The van der Waals surface area contributed by atoms with Crippen LogP contribution in [-0.4, -0.2) is 17.0 Å². The first-order chi connectivity index (χ1) is 13.9. The molecule has 0 fully saturated rings. The Morgan fingerprint density at radius 3 is 1.80 bits per heavy atom. The van der Waals surface area contributed by atoms with E-state index in [4.69, 9.17) is 9.47 Å². The molecule has 30 heavy (non-hydrogen) atoms. The van der Waals surface area contributed by atoms with E-state index in [1.807, 2.05) is 0 Å². The summed E-state index contributed by atoms with van der Waals surface area (Å²) in [7, 11) is 0. The van der Waals surface area contributed by atoms with Crippen molar-refractivity contribution in [2.45, 2.75) is 18.5 Å². The minimum absolute atomic E-state index is 0.265. The number of benzene rings is 2. The molecule has 1 N–H and O–H groups in total. The molecule has 10 heteroatoms. The largest absolute Gasteiger partial charge is 0.458 e. The average molecular weight is 430 g/mol. The van der Waals surface area contributed by atoms with E-state index in [-0.39, 0.29) is 17.3 Å². The van der Waals surface area contributed by atoms with Crippen LogP contribution in [-0.2, 0) is 17.1 Å². The quantitative estimate of drug-likeness (QED) is 0.702. The maximum Gasteiger partial charge on any atom is 0.416 e. The second kappa shape index (κ2) is 7.86. The van der Waals surface area contributed by atoms with Gasteiger partial charge in [0.15, 0.2) is 5.76 Å². The van der Waals surface area contributed by atoms with Gasteiger partial charge in [-0.25, -0.2) is 0 Å². The van der Waals surface area contributed by atoms with Gasteiger partial charge in [0.2, 0.25) is 5.78 Å². The van der Waals surface area contributed by atoms with E-state index >= 15 is 0 Å². The lowest BCUT2D eigenvalue weighted by Crippen LogP contribution is -2.23. The molecule has 1 aliphatic carbocycles. The number of aliphatic hydroxyl groups is 1. The lowest BCUT2D eigenvalue weighted by molar-refractivity contribution is -0.138. The zero-order chi connectivity index (χ0) is 22.1. The molecule has 2 aromatic rings. The summed E-state index contributed by atoms with van der Waals surface area (Å²) < 4.78 is 87.0. The van der Waals surface area contributed by atoms with Gasteiger partial charge < -0.3 is 14.6 Å². The number of hydrogen-bond acceptors (Lipinski definition) is 4. The van der Waals surface area contributed by atoms with Crippen molar-refractivity contribution >= 4 is 5.78 Å². The van der Waals surface area contributed by atoms with Gasteiger partial charge in [-0.3, -0.25) is 4.79 Å². The maximum absolute atomic E-state index is 12.8. The lowest BCUT2D eigenvalue weighted by atomic mass is 10.1. The second-order valence-electron chi connectivity index (χ2n) is 6.14. The number of aliphatic hydroxyl groups excluding tert-OH is 1. The fourth-order valence-corrected chi connectivity index (χ4v) is 2.50. The molecule has 0 saturated heterocycles. The van der Waals surface area contributed by atoms with Crippen LogP contribution in [0.4, 0.5) is 26.3 Å². The van der Waals surface area contributed by atoms with Gasteiger partial charge >= 0.3 is 12.4 Å². The summed E-state index contributed by atoms with van der Waals surface area (Å²) in [6.07, 6.45) is -9.13. The van der Waals surface area contributed by atoms with Crippen LogP contribution >= 0.6 is 0 Å². The summed E-state index contributed by atoms with van der Waals surface area (Å²) in [5.74, 6) is -2.22. The molecule has 0 bridgehead atoms. The molecular weight excluding hydrogens is 418 g/mol. The second-order valence-corrected chi connectivity index (χ2v) is 6.14. The highest BCUT2D eigenvalue weighted by atomic mass is 19.4. The highest BCUT2D eigenvalue weighted by molar-refractivity contribution is 6.04. The van der Waals surface area contributed by atoms with Crippen LogP contribution in [0.25, 0.3) is 0 Å². The monoisotopic (exact) mass is 430 g/mol. The topological polar surface area (TPSA) is 55.8 Å². The molecule has 4 nitrogen and oxygen atoms in total. The Kier molecular flexibility index (Phi) is 5.62. The lowest BCUT2D eigenvalue weighted by Gasteiger charge is -2.19.